The molecule has 0 aromatic carbocycles. The third-order valence-corrected chi connectivity index (χ3v) is 4.07. The molecular formula is C17H25N3O. The molecule has 4 nitrogen and oxygen atoms in total. The van der Waals surface area contributed by atoms with E-state index in [-0.39, 0.29) is 5.54 Å². The summed E-state index contributed by atoms with van der Waals surface area (Å²) in [5, 5.41) is 3.49. The Morgan fingerprint density at radius 2 is 2.10 bits per heavy atom. The van der Waals surface area contributed by atoms with Crippen LogP contribution in [0.25, 0.3) is 0 Å². The monoisotopic (exact) mass is 287 g/mol. The minimum Gasteiger partial charge on any atom is -0.468 e. The first-order valence-electron chi connectivity index (χ1n) is 7.86. The number of furan rings is 1. The van der Waals surface area contributed by atoms with Gasteiger partial charge in [-0.15, -0.1) is 0 Å². The second-order valence-corrected chi connectivity index (χ2v) is 6.95. The molecule has 3 rings (SSSR count). The molecule has 114 valence electrons. The molecular weight excluding hydrogens is 262 g/mol. The van der Waals surface area contributed by atoms with Gasteiger partial charge in [0.2, 0.25) is 0 Å². The Morgan fingerprint density at radius 1 is 1.29 bits per heavy atom. The molecule has 0 saturated heterocycles. The highest BCUT2D eigenvalue weighted by atomic mass is 16.3. The van der Waals surface area contributed by atoms with Crippen molar-refractivity contribution in [3.8, 4) is 0 Å². The van der Waals surface area contributed by atoms with Crippen molar-refractivity contribution < 1.29 is 4.42 Å². The van der Waals surface area contributed by atoms with Gasteiger partial charge in [0.15, 0.2) is 0 Å². The molecule has 0 bridgehead atoms. The second-order valence-electron chi connectivity index (χ2n) is 6.95. The van der Waals surface area contributed by atoms with Crippen LogP contribution in [0.2, 0.25) is 0 Å². The SMILES string of the molecule is CC(C)(C)NCc1occc1Cn1cnc2c1CCCC2. The van der Waals surface area contributed by atoms with Gasteiger partial charge in [0.05, 0.1) is 31.4 Å². The molecule has 0 saturated carbocycles. The molecule has 0 amide bonds. The Kier molecular flexibility index (Phi) is 3.89. The van der Waals surface area contributed by atoms with E-state index in [1.54, 1.807) is 6.26 Å². The molecule has 0 unspecified atom stereocenters. The van der Waals surface area contributed by atoms with Gasteiger partial charge in [-0.2, -0.15) is 0 Å². The predicted molar refractivity (Wildman–Crippen MR) is 83.3 cm³/mol. The Bertz CT molecular complexity index is 604. The Labute approximate surface area is 126 Å². The number of rotatable bonds is 4. The highest BCUT2D eigenvalue weighted by molar-refractivity contribution is 5.22. The van der Waals surface area contributed by atoms with E-state index in [1.165, 1.54) is 29.8 Å². The highest BCUT2D eigenvalue weighted by Crippen LogP contribution is 2.22. The lowest BCUT2D eigenvalue weighted by Crippen LogP contribution is -2.35. The summed E-state index contributed by atoms with van der Waals surface area (Å²) >= 11 is 0. The molecule has 1 aliphatic rings. The van der Waals surface area contributed by atoms with E-state index in [2.05, 4.69) is 41.7 Å². The van der Waals surface area contributed by atoms with Crippen molar-refractivity contribution in [2.24, 2.45) is 0 Å². The molecule has 2 aromatic heterocycles. The maximum Gasteiger partial charge on any atom is 0.122 e. The van der Waals surface area contributed by atoms with Crippen LogP contribution < -0.4 is 5.32 Å². The van der Waals surface area contributed by atoms with Gasteiger partial charge in [0, 0.05) is 16.8 Å². The first-order chi connectivity index (χ1) is 10.0. The lowest BCUT2D eigenvalue weighted by Gasteiger charge is -2.20. The van der Waals surface area contributed by atoms with Crippen LogP contribution in [-0.4, -0.2) is 15.1 Å². The second kappa shape index (κ2) is 5.68. The molecule has 21 heavy (non-hydrogen) atoms. The van der Waals surface area contributed by atoms with Gasteiger partial charge in [-0.3, -0.25) is 0 Å². The lowest BCUT2D eigenvalue weighted by atomic mass is 10.0. The van der Waals surface area contributed by atoms with E-state index in [0.717, 1.165) is 31.7 Å². The number of nitrogens with one attached hydrogen (secondary N) is 1. The average Bonchev–Trinajstić information content (AvgIpc) is 3.04. The topological polar surface area (TPSA) is 43.0 Å². The van der Waals surface area contributed by atoms with E-state index in [1.807, 2.05) is 6.33 Å². The summed E-state index contributed by atoms with van der Waals surface area (Å²) in [5.41, 5.74) is 4.05. The average molecular weight is 287 g/mol. The fraction of sp³-hybridized carbons (Fsp3) is 0.588. The highest BCUT2D eigenvalue weighted by Gasteiger charge is 2.17. The normalized spacial score (nSPS) is 15.2. The van der Waals surface area contributed by atoms with Crippen LogP contribution in [0.4, 0.5) is 0 Å². The van der Waals surface area contributed by atoms with Crippen LogP contribution in [0.5, 0.6) is 0 Å². The molecule has 0 radical (unpaired) electrons. The number of nitrogens with zero attached hydrogens (tertiary/aromatic N) is 2. The van der Waals surface area contributed by atoms with Gasteiger partial charge >= 0.3 is 0 Å². The smallest absolute Gasteiger partial charge is 0.122 e. The number of aryl methyl sites for hydroxylation is 1. The van der Waals surface area contributed by atoms with Crippen LogP contribution in [0.3, 0.4) is 0 Å². The molecule has 0 fully saturated rings. The van der Waals surface area contributed by atoms with E-state index in [4.69, 9.17) is 4.42 Å². The van der Waals surface area contributed by atoms with Crippen LogP contribution in [0.1, 0.15) is 56.3 Å². The molecule has 0 aliphatic heterocycles. The third kappa shape index (κ3) is 3.38. The molecule has 0 spiro atoms. The zero-order valence-electron chi connectivity index (χ0n) is 13.3. The third-order valence-electron chi connectivity index (χ3n) is 4.07. The van der Waals surface area contributed by atoms with Crippen molar-refractivity contribution >= 4 is 0 Å². The summed E-state index contributed by atoms with van der Waals surface area (Å²) in [4.78, 5) is 4.57. The number of hydrogen-bond donors (Lipinski definition) is 1. The van der Waals surface area contributed by atoms with Crippen molar-refractivity contribution in [2.75, 3.05) is 0 Å². The summed E-state index contributed by atoms with van der Waals surface area (Å²) in [6.45, 7) is 8.13. The van der Waals surface area contributed by atoms with Gasteiger partial charge in [0.1, 0.15) is 5.76 Å². The first-order valence-corrected chi connectivity index (χ1v) is 7.86. The van der Waals surface area contributed by atoms with Gasteiger partial charge in [-0.25, -0.2) is 4.98 Å². The number of fused-ring (bicyclic) bond motifs is 1. The maximum absolute atomic E-state index is 5.66. The van der Waals surface area contributed by atoms with Crippen molar-refractivity contribution in [3.05, 3.63) is 41.4 Å². The van der Waals surface area contributed by atoms with E-state index >= 15 is 0 Å². The van der Waals surface area contributed by atoms with E-state index < -0.39 is 0 Å². The number of hydrogen-bond acceptors (Lipinski definition) is 3. The maximum atomic E-state index is 5.66. The quantitative estimate of drug-likeness (QED) is 0.938. The Balaban J connectivity index is 1.74. The fourth-order valence-electron chi connectivity index (χ4n) is 2.86. The summed E-state index contributed by atoms with van der Waals surface area (Å²) < 4.78 is 7.95. The van der Waals surface area contributed by atoms with Crippen molar-refractivity contribution in [2.45, 2.75) is 65.1 Å². The summed E-state index contributed by atoms with van der Waals surface area (Å²) in [6, 6.07) is 2.08. The first kappa shape index (κ1) is 14.4. The van der Waals surface area contributed by atoms with Crippen LogP contribution in [0.15, 0.2) is 23.1 Å². The zero-order chi connectivity index (χ0) is 14.9. The van der Waals surface area contributed by atoms with Crippen molar-refractivity contribution in [1.29, 1.82) is 0 Å². The molecule has 2 heterocycles. The minimum atomic E-state index is 0.0955. The molecule has 0 atom stereocenters. The molecule has 1 aliphatic carbocycles. The number of aromatic nitrogens is 2. The summed E-state index contributed by atoms with van der Waals surface area (Å²) in [6.07, 6.45) is 8.62. The summed E-state index contributed by atoms with van der Waals surface area (Å²) in [7, 11) is 0. The van der Waals surface area contributed by atoms with Gasteiger partial charge < -0.3 is 14.3 Å². The minimum absolute atomic E-state index is 0.0955. The van der Waals surface area contributed by atoms with Gasteiger partial charge in [0.25, 0.3) is 0 Å². The Morgan fingerprint density at radius 3 is 2.90 bits per heavy atom. The molecule has 1 N–H and O–H groups in total. The van der Waals surface area contributed by atoms with Crippen LogP contribution in [0, 0.1) is 0 Å². The van der Waals surface area contributed by atoms with Crippen LogP contribution in [-0.2, 0) is 25.9 Å². The van der Waals surface area contributed by atoms with Crippen molar-refractivity contribution in [3.63, 3.8) is 0 Å². The molecule has 4 heteroatoms. The standard InChI is InChI=1S/C17H25N3O/c1-17(2,3)19-10-16-13(8-9-21-16)11-20-12-18-14-6-4-5-7-15(14)20/h8-9,12,19H,4-7,10-11H2,1-3H3. The van der Waals surface area contributed by atoms with Gasteiger partial charge in [-0.1, -0.05) is 0 Å². The van der Waals surface area contributed by atoms with Crippen molar-refractivity contribution in [1.82, 2.24) is 14.9 Å². The largest absolute Gasteiger partial charge is 0.468 e. The van der Waals surface area contributed by atoms with Crippen LogP contribution >= 0.6 is 0 Å². The summed E-state index contributed by atoms with van der Waals surface area (Å²) in [5.74, 6) is 1.03. The predicted octanol–water partition coefficient (Wildman–Crippen LogP) is 3.29. The van der Waals surface area contributed by atoms with E-state index in [0.29, 0.717) is 0 Å². The number of imidazole rings is 1. The molecule has 2 aromatic rings. The zero-order valence-corrected chi connectivity index (χ0v) is 13.3. The van der Waals surface area contributed by atoms with E-state index in [9.17, 15) is 0 Å². The fourth-order valence-corrected chi connectivity index (χ4v) is 2.86. The lowest BCUT2D eigenvalue weighted by molar-refractivity contribution is 0.385. The Hall–Kier alpha value is -1.55. The van der Waals surface area contributed by atoms with Gasteiger partial charge in [-0.05, 0) is 52.5 Å².